The molecule has 1 aliphatic heterocycles. The fourth-order valence-corrected chi connectivity index (χ4v) is 3.73. The number of amides is 1. The van der Waals surface area contributed by atoms with Crippen LogP contribution in [0.3, 0.4) is 0 Å². The Balaban J connectivity index is 1.81. The van der Waals surface area contributed by atoms with Crippen LogP contribution in [0.15, 0.2) is 5.38 Å². The highest BCUT2D eigenvalue weighted by atomic mass is 32.1. The number of hydrogen-bond donors (Lipinski definition) is 0. The van der Waals surface area contributed by atoms with Gasteiger partial charge in [-0.2, -0.15) is 0 Å². The van der Waals surface area contributed by atoms with Crippen LogP contribution >= 0.6 is 11.3 Å². The SMILES string of the molecule is Cc1nc(CC(=O)N2CCCC(N(C)CCCN(C)C)C2)cs1. The van der Waals surface area contributed by atoms with Crippen molar-refractivity contribution < 1.29 is 4.79 Å². The molecule has 6 heteroatoms. The Kier molecular flexibility index (Phi) is 6.99. The van der Waals surface area contributed by atoms with Gasteiger partial charge in [-0.25, -0.2) is 4.98 Å². The van der Waals surface area contributed by atoms with E-state index in [0.717, 1.165) is 43.3 Å². The minimum atomic E-state index is 0.224. The third-order valence-electron chi connectivity index (χ3n) is 4.49. The molecule has 23 heavy (non-hydrogen) atoms. The van der Waals surface area contributed by atoms with Gasteiger partial charge in [0.15, 0.2) is 0 Å². The molecular weight excluding hydrogens is 308 g/mol. The molecule has 1 saturated heterocycles. The van der Waals surface area contributed by atoms with Crippen LogP contribution in [-0.2, 0) is 11.2 Å². The Labute approximate surface area is 144 Å². The summed E-state index contributed by atoms with van der Waals surface area (Å²) in [5.74, 6) is 0.224. The van der Waals surface area contributed by atoms with Gasteiger partial charge in [0, 0.05) is 24.5 Å². The molecule has 1 amide bonds. The number of nitrogens with zero attached hydrogens (tertiary/aromatic N) is 4. The largest absolute Gasteiger partial charge is 0.341 e. The molecule has 130 valence electrons. The van der Waals surface area contributed by atoms with Gasteiger partial charge in [-0.15, -0.1) is 11.3 Å². The predicted octanol–water partition coefficient (Wildman–Crippen LogP) is 1.87. The molecule has 0 saturated carbocycles. The number of carbonyl (C=O) groups excluding carboxylic acids is 1. The van der Waals surface area contributed by atoms with Crippen molar-refractivity contribution in [2.24, 2.45) is 0 Å². The van der Waals surface area contributed by atoms with E-state index in [0.29, 0.717) is 12.5 Å². The monoisotopic (exact) mass is 338 g/mol. The standard InChI is InChI=1S/C17H30N4OS/c1-14-18-15(13-23-14)11-17(22)21-10-5-7-16(12-21)20(4)9-6-8-19(2)3/h13,16H,5-12H2,1-4H3. The Morgan fingerprint density at radius 2 is 2.17 bits per heavy atom. The van der Waals surface area contributed by atoms with Gasteiger partial charge in [-0.1, -0.05) is 0 Å². The van der Waals surface area contributed by atoms with Gasteiger partial charge in [0.25, 0.3) is 0 Å². The van der Waals surface area contributed by atoms with Crippen LogP contribution < -0.4 is 0 Å². The number of thiazole rings is 1. The normalized spacial score (nSPS) is 18.9. The summed E-state index contributed by atoms with van der Waals surface area (Å²) in [6.45, 7) is 5.95. The van der Waals surface area contributed by atoms with Crippen molar-refractivity contribution in [3.05, 3.63) is 16.1 Å². The zero-order valence-corrected chi connectivity index (χ0v) is 15.7. The van der Waals surface area contributed by atoms with E-state index in [1.54, 1.807) is 11.3 Å². The zero-order chi connectivity index (χ0) is 16.8. The number of likely N-dealkylation sites (N-methyl/N-ethyl adjacent to an activating group) is 1. The first-order valence-corrected chi connectivity index (χ1v) is 9.37. The fraction of sp³-hybridized carbons (Fsp3) is 0.765. The summed E-state index contributed by atoms with van der Waals surface area (Å²) in [6.07, 6.45) is 3.91. The number of likely N-dealkylation sites (tertiary alicyclic amines) is 1. The van der Waals surface area contributed by atoms with E-state index in [9.17, 15) is 4.79 Å². The quantitative estimate of drug-likeness (QED) is 0.761. The summed E-state index contributed by atoms with van der Waals surface area (Å²) in [6, 6.07) is 0.493. The Bertz CT molecular complexity index is 503. The molecular formula is C17H30N4OS. The van der Waals surface area contributed by atoms with Crippen LogP contribution in [0.2, 0.25) is 0 Å². The van der Waals surface area contributed by atoms with E-state index in [-0.39, 0.29) is 5.91 Å². The van der Waals surface area contributed by atoms with E-state index in [4.69, 9.17) is 0 Å². The Morgan fingerprint density at radius 3 is 2.83 bits per heavy atom. The molecule has 0 bridgehead atoms. The van der Waals surface area contributed by atoms with Gasteiger partial charge in [0.1, 0.15) is 0 Å². The van der Waals surface area contributed by atoms with Gasteiger partial charge in [-0.3, -0.25) is 4.79 Å². The zero-order valence-electron chi connectivity index (χ0n) is 14.9. The predicted molar refractivity (Wildman–Crippen MR) is 96.0 cm³/mol. The number of rotatable bonds is 7. The first kappa shape index (κ1) is 18.4. The van der Waals surface area contributed by atoms with E-state index >= 15 is 0 Å². The van der Waals surface area contributed by atoms with Gasteiger partial charge < -0.3 is 14.7 Å². The van der Waals surface area contributed by atoms with Crippen molar-refractivity contribution >= 4 is 17.2 Å². The molecule has 5 nitrogen and oxygen atoms in total. The van der Waals surface area contributed by atoms with E-state index < -0.39 is 0 Å². The molecule has 1 unspecified atom stereocenters. The summed E-state index contributed by atoms with van der Waals surface area (Å²) < 4.78 is 0. The Morgan fingerprint density at radius 1 is 1.39 bits per heavy atom. The highest BCUT2D eigenvalue weighted by molar-refractivity contribution is 7.09. The maximum absolute atomic E-state index is 12.5. The molecule has 1 aromatic heterocycles. The third-order valence-corrected chi connectivity index (χ3v) is 5.31. The third kappa shape index (κ3) is 5.86. The lowest BCUT2D eigenvalue weighted by Gasteiger charge is -2.37. The lowest BCUT2D eigenvalue weighted by atomic mass is 10.0. The molecule has 0 aromatic carbocycles. The van der Waals surface area contributed by atoms with Crippen molar-refractivity contribution in [1.29, 1.82) is 0 Å². The second-order valence-electron chi connectivity index (χ2n) is 6.81. The van der Waals surface area contributed by atoms with Crippen LogP contribution in [0.4, 0.5) is 0 Å². The average Bonchev–Trinajstić information content (AvgIpc) is 2.92. The van der Waals surface area contributed by atoms with Crippen LogP contribution in [0.1, 0.15) is 30.0 Å². The van der Waals surface area contributed by atoms with Crippen LogP contribution in [0.5, 0.6) is 0 Å². The van der Waals surface area contributed by atoms with Crippen molar-refractivity contribution in [3.63, 3.8) is 0 Å². The number of carbonyl (C=O) groups is 1. The molecule has 1 aliphatic rings. The Hall–Kier alpha value is -0.980. The number of piperidine rings is 1. The summed E-state index contributed by atoms with van der Waals surface area (Å²) in [5.41, 5.74) is 0.916. The minimum Gasteiger partial charge on any atom is -0.341 e. The van der Waals surface area contributed by atoms with Gasteiger partial charge in [0.05, 0.1) is 17.1 Å². The minimum absolute atomic E-state index is 0.224. The molecule has 1 atom stereocenters. The smallest absolute Gasteiger partial charge is 0.228 e. The second-order valence-corrected chi connectivity index (χ2v) is 7.87. The first-order valence-electron chi connectivity index (χ1n) is 8.49. The summed E-state index contributed by atoms with van der Waals surface area (Å²) in [5, 5.41) is 3.03. The molecule has 0 radical (unpaired) electrons. The van der Waals surface area contributed by atoms with E-state index in [1.807, 2.05) is 17.2 Å². The molecule has 1 fully saturated rings. The van der Waals surface area contributed by atoms with Crippen molar-refractivity contribution in [2.75, 3.05) is 47.3 Å². The fourth-order valence-electron chi connectivity index (χ4n) is 3.12. The number of aryl methyl sites for hydroxylation is 1. The van der Waals surface area contributed by atoms with Crippen molar-refractivity contribution in [3.8, 4) is 0 Å². The van der Waals surface area contributed by atoms with Gasteiger partial charge >= 0.3 is 0 Å². The first-order chi connectivity index (χ1) is 11.0. The highest BCUT2D eigenvalue weighted by Crippen LogP contribution is 2.17. The number of aromatic nitrogens is 1. The molecule has 2 rings (SSSR count). The molecule has 0 aliphatic carbocycles. The van der Waals surface area contributed by atoms with Gasteiger partial charge in [0.2, 0.25) is 5.91 Å². The van der Waals surface area contributed by atoms with Crippen molar-refractivity contribution in [1.82, 2.24) is 19.7 Å². The highest BCUT2D eigenvalue weighted by Gasteiger charge is 2.26. The molecule has 2 heterocycles. The lowest BCUT2D eigenvalue weighted by molar-refractivity contribution is -0.132. The van der Waals surface area contributed by atoms with Crippen LogP contribution in [0, 0.1) is 6.92 Å². The topological polar surface area (TPSA) is 39.7 Å². The summed E-state index contributed by atoms with van der Waals surface area (Å²) in [4.78, 5) is 23.6. The lowest BCUT2D eigenvalue weighted by Crippen LogP contribution is -2.49. The van der Waals surface area contributed by atoms with E-state index in [1.165, 1.54) is 12.8 Å². The van der Waals surface area contributed by atoms with Crippen LogP contribution in [-0.4, -0.2) is 79.0 Å². The van der Waals surface area contributed by atoms with Crippen LogP contribution in [0.25, 0.3) is 0 Å². The second kappa shape index (κ2) is 8.76. The maximum Gasteiger partial charge on any atom is 0.228 e. The van der Waals surface area contributed by atoms with E-state index in [2.05, 4.69) is 35.9 Å². The molecule has 1 aromatic rings. The number of hydrogen-bond acceptors (Lipinski definition) is 5. The summed E-state index contributed by atoms with van der Waals surface area (Å²) in [7, 11) is 6.42. The van der Waals surface area contributed by atoms with Gasteiger partial charge in [-0.05, 0) is 60.4 Å². The molecule has 0 N–H and O–H groups in total. The molecule has 0 spiro atoms. The summed E-state index contributed by atoms with van der Waals surface area (Å²) >= 11 is 1.62. The average molecular weight is 339 g/mol. The van der Waals surface area contributed by atoms with Crippen molar-refractivity contribution in [2.45, 2.75) is 38.6 Å². The maximum atomic E-state index is 12.5.